The molecule has 0 heterocycles. The Morgan fingerprint density at radius 1 is 1.22 bits per heavy atom. The summed E-state index contributed by atoms with van der Waals surface area (Å²) in [5.41, 5.74) is 8.37. The molecule has 3 heteroatoms. The van der Waals surface area contributed by atoms with Crippen LogP contribution in [0.25, 0.3) is 0 Å². The van der Waals surface area contributed by atoms with Crippen molar-refractivity contribution < 1.29 is 0 Å². The summed E-state index contributed by atoms with van der Waals surface area (Å²) in [6.07, 6.45) is 5.15. The van der Waals surface area contributed by atoms with Crippen LogP contribution in [0.4, 0.5) is 11.4 Å². The second-order valence-corrected chi connectivity index (χ2v) is 5.44. The van der Waals surface area contributed by atoms with Gasteiger partial charge in [0.15, 0.2) is 0 Å². The molecule has 3 N–H and O–H groups in total. The van der Waals surface area contributed by atoms with Crippen molar-refractivity contribution in [3.63, 3.8) is 0 Å². The van der Waals surface area contributed by atoms with Crippen molar-refractivity contribution in [3.8, 4) is 0 Å². The van der Waals surface area contributed by atoms with E-state index < -0.39 is 0 Å². The smallest absolute Gasteiger partial charge is 0.0596 e. The predicted octanol–water partition coefficient (Wildman–Crippen LogP) is 2.68. The van der Waals surface area contributed by atoms with Gasteiger partial charge in [-0.3, -0.25) is 0 Å². The lowest BCUT2D eigenvalue weighted by Gasteiger charge is -2.33. The zero-order valence-corrected chi connectivity index (χ0v) is 11.5. The first-order valence-corrected chi connectivity index (χ1v) is 6.95. The molecule has 2 atom stereocenters. The Morgan fingerprint density at radius 3 is 2.67 bits per heavy atom. The van der Waals surface area contributed by atoms with Gasteiger partial charge in [-0.1, -0.05) is 25.0 Å². The quantitative estimate of drug-likeness (QED) is 0.859. The summed E-state index contributed by atoms with van der Waals surface area (Å²) >= 11 is 0. The van der Waals surface area contributed by atoms with Crippen LogP contribution >= 0.6 is 0 Å². The van der Waals surface area contributed by atoms with Gasteiger partial charge in [0.2, 0.25) is 0 Å². The molecule has 3 nitrogen and oxygen atoms in total. The Kier molecular flexibility index (Phi) is 4.48. The lowest BCUT2D eigenvalue weighted by molar-refractivity contribution is 0.333. The summed E-state index contributed by atoms with van der Waals surface area (Å²) in [5, 5.41) is 3.71. The summed E-state index contributed by atoms with van der Waals surface area (Å²) in [6.45, 7) is 0.793. The largest absolute Gasteiger partial charge is 0.380 e. The standard InChI is InChI=1S/C15H25N3/c1-18(2)15-10-6-5-9-14(15)17-13-8-4-3-7-12(13)11-16/h5-6,9-10,12-13,17H,3-4,7-8,11,16H2,1-2H3. The first-order chi connectivity index (χ1) is 8.72. The normalized spacial score (nSPS) is 23.7. The third-order valence-corrected chi connectivity index (χ3v) is 3.94. The number of benzene rings is 1. The molecule has 1 aromatic carbocycles. The lowest BCUT2D eigenvalue weighted by atomic mass is 9.84. The van der Waals surface area contributed by atoms with Crippen molar-refractivity contribution in [1.82, 2.24) is 0 Å². The average Bonchev–Trinajstić information content (AvgIpc) is 2.40. The van der Waals surface area contributed by atoms with Crippen molar-refractivity contribution in [2.45, 2.75) is 31.7 Å². The SMILES string of the molecule is CN(C)c1ccccc1NC1CCCCC1CN. The van der Waals surface area contributed by atoms with E-state index in [2.05, 4.69) is 48.6 Å². The third kappa shape index (κ3) is 2.96. The molecule has 0 bridgehead atoms. The maximum absolute atomic E-state index is 5.89. The molecule has 0 amide bonds. The van der Waals surface area contributed by atoms with Gasteiger partial charge in [0, 0.05) is 20.1 Å². The zero-order chi connectivity index (χ0) is 13.0. The second kappa shape index (κ2) is 6.10. The van der Waals surface area contributed by atoms with E-state index in [9.17, 15) is 0 Å². The molecule has 100 valence electrons. The summed E-state index contributed by atoms with van der Waals surface area (Å²) in [6, 6.07) is 9.03. The van der Waals surface area contributed by atoms with E-state index in [1.54, 1.807) is 0 Å². The topological polar surface area (TPSA) is 41.3 Å². The van der Waals surface area contributed by atoms with Gasteiger partial charge >= 0.3 is 0 Å². The lowest BCUT2D eigenvalue weighted by Crippen LogP contribution is -2.37. The minimum absolute atomic E-state index is 0.532. The summed E-state index contributed by atoms with van der Waals surface area (Å²) < 4.78 is 0. The van der Waals surface area contributed by atoms with Crippen LogP contribution < -0.4 is 16.0 Å². The number of nitrogens with one attached hydrogen (secondary N) is 1. The Hall–Kier alpha value is -1.22. The number of hydrogen-bond acceptors (Lipinski definition) is 3. The van der Waals surface area contributed by atoms with Crippen LogP contribution in [0, 0.1) is 5.92 Å². The van der Waals surface area contributed by atoms with Crippen LogP contribution in [0.5, 0.6) is 0 Å². The molecule has 0 radical (unpaired) electrons. The van der Waals surface area contributed by atoms with Gasteiger partial charge < -0.3 is 16.0 Å². The van der Waals surface area contributed by atoms with Crippen LogP contribution in [0.15, 0.2) is 24.3 Å². The Labute approximate surface area is 110 Å². The molecule has 2 unspecified atom stereocenters. The second-order valence-electron chi connectivity index (χ2n) is 5.44. The van der Waals surface area contributed by atoms with E-state index in [0.29, 0.717) is 12.0 Å². The van der Waals surface area contributed by atoms with Gasteiger partial charge in [0.25, 0.3) is 0 Å². The monoisotopic (exact) mass is 247 g/mol. The summed E-state index contributed by atoms with van der Waals surface area (Å²) in [7, 11) is 4.17. The van der Waals surface area contributed by atoms with E-state index in [1.807, 2.05) is 0 Å². The zero-order valence-electron chi connectivity index (χ0n) is 11.5. The molecular weight excluding hydrogens is 222 g/mol. The van der Waals surface area contributed by atoms with E-state index in [1.165, 1.54) is 37.1 Å². The minimum Gasteiger partial charge on any atom is -0.380 e. The van der Waals surface area contributed by atoms with Crippen molar-refractivity contribution in [2.24, 2.45) is 11.7 Å². The first kappa shape index (κ1) is 13.2. The Morgan fingerprint density at radius 2 is 1.94 bits per heavy atom. The molecule has 1 aliphatic carbocycles. The number of hydrogen-bond donors (Lipinski definition) is 2. The number of rotatable bonds is 4. The third-order valence-electron chi connectivity index (χ3n) is 3.94. The fourth-order valence-electron chi connectivity index (χ4n) is 2.87. The van der Waals surface area contributed by atoms with Gasteiger partial charge in [-0.2, -0.15) is 0 Å². The van der Waals surface area contributed by atoms with E-state index in [4.69, 9.17) is 5.73 Å². The fourth-order valence-corrected chi connectivity index (χ4v) is 2.87. The molecule has 18 heavy (non-hydrogen) atoms. The van der Waals surface area contributed by atoms with Crippen LogP contribution in [0.3, 0.4) is 0 Å². The van der Waals surface area contributed by atoms with Crippen molar-refractivity contribution in [3.05, 3.63) is 24.3 Å². The number of nitrogens with zero attached hydrogens (tertiary/aromatic N) is 1. The van der Waals surface area contributed by atoms with Gasteiger partial charge in [0.1, 0.15) is 0 Å². The molecule has 1 aliphatic rings. The number of nitrogens with two attached hydrogens (primary N) is 1. The highest BCUT2D eigenvalue weighted by Crippen LogP contribution is 2.30. The van der Waals surface area contributed by atoms with Crippen molar-refractivity contribution in [2.75, 3.05) is 30.9 Å². The fraction of sp³-hybridized carbons (Fsp3) is 0.600. The number of anilines is 2. The van der Waals surface area contributed by atoms with Crippen LogP contribution in [0.1, 0.15) is 25.7 Å². The van der Waals surface area contributed by atoms with Gasteiger partial charge in [-0.25, -0.2) is 0 Å². The minimum atomic E-state index is 0.532. The Balaban J connectivity index is 2.12. The Bertz CT molecular complexity index is 376. The average molecular weight is 247 g/mol. The molecule has 0 saturated heterocycles. The van der Waals surface area contributed by atoms with Crippen molar-refractivity contribution in [1.29, 1.82) is 0 Å². The first-order valence-electron chi connectivity index (χ1n) is 6.95. The molecule has 0 aromatic heterocycles. The maximum Gasteiger partial charge on any atom is 0.0596 e. The molecule has 1 fully saturated rings. The molecule has 2 rings (SSSR count). The molecule has 0 aliphatic heterocycles. The van der Waals surface area contributed by atoms with Crippen LogP contribution in [-0.4, -0.2) is 26.7 Å². The van der Waals surface area contributed by atoms with Gasteiger partial charge in [0.05, 0.1) is 11.4 Å². The molecule has 0 spiro atoms. The molecular formula is C15H25N3. The van der Waals surface area contributed by atoms with E-state index in [0.717, 1.165) is 6.54 Å². The van der Waals surface area contributed by atoms with E-state index >= 15 is 0 Å². The van der Waals surface area contributed by atoms with E-state index in [-0.39, 0.29) is 0 Å². The summed E-state index contributed by atoms with van der Waals surface area (Å²) in [5.74, 6) is 0.619. The van der Waals surface area contributed by atoms with Gasteiger partial charge in [-0.05, 0) is 37.4 Å². The van der Waals surface area contributed by atoms with Crippen LogP contribution in [-0.2, 0) is 0 Å². The van der Waals surface area contributed by atoms with Gasteiger partial charge in [-0.15, -0.1) is 0 Å². The van der Waals surface area contributed by atoms with Crippen molar-refractivity contribution >= 4 is 11.4 Å². The molecule has 1 aromatic rings. The highest BCUT2D eigenvalue weighted by molar-refractivity contribution is 5.69. The predicted molar refractivity (Wildman–Crippen MR) is 79.2 cm³/mol. The van der Waals surface area contributed by atoms with Crippen LogP contribution in [0.2, 0.25) is 0 Å². The highest BCUT2D eigenvalue weighted by Gasteiger charge is 2.24. The molecule has 1 saturated carbocycles. The summed E-state index contributed by atoms with van der Waals surface area (Å²) in [4.78, 5) is 2.16. The highest BCUT2D eigenvalue weighted by atomic mass is 15.1. The maximum atomic E-state index is 5.89. The number of para-hydroxylation sites is 2.